The molecule has 0 aromatic carbocycles. The highest BCUT2D eigenvalue weighted by atomic mass is 32.1. The van der Waals surface area contributed by atoms with Gasteiger partial charge in [0.05, 0.1) is 6.42 Å². The molecule has 3 heterocycles. The monoisotopic (exact) mass is 318 g/mol. The zero-order valence-corrected chi connectivity index (χ0v) is 13.0. The van der Waals surface area contributed by atoms with Crippen molar-refractivity contribution in [3.05, 3.63) is 40.6 Å². The van der Waals surface area contributed by atoms with E-state index in [0.717, 1.165) is 16.0 Å². The molecule has 2 N–H and O–H groups in total. The lowest BCUT2D eigenvalue weighted by atomic mass is 9.93. The van der Waals surface area contributed by atoms with Gasteiger partial charge in [0, 0.05) is 24.2 Å². The minimum atomic E-state index is -0.678. The van der Waals surface area contributed by atoms with Gasteiger partial charge in [0.2, 0.25) is 11.9 Å². The van der Waals surface area contributed by atoms with Gasteiger partial charge in [0.15, 0.2) is 5.96 Å². The van der Waals surface area contributed by atoms with Crippen molar-refractivity contribution in [1.82, 2.24) is 9.88 Å². The fourth-order valence-electron chi connectivity index (χ4n) is 2.40. The van der Waals surface area contributed by atoms with Gasteiger partial charge in [-0.25, -0.2) is 9.98 Å². The van der Waals surface area contributed by atoms with Crippen LogP contribution in [0.1, 0.15) is 18.2 Å². The molecular weight excluding hydrogens is 303 g/mol. The molecule has 7 heteroatoms. The molecule has 22 heavy (non-hydrogen) atoms. The third kappa shape index (κ3) is 2.48. The lowest BCUT2D eigenvalue weighted by molar-refractivity contribution is -0.128. The van der Waals surface area contributed by atoms with Crippen LogP contribution in [0.25, 0.3) is 11.1 Å². The molecule has 0 fully saturated rings. The SMILES string of the molecule is CN1C(=O)C[C@@](C)(c2cc(-c3ccnc(F)c3)cs2)N=C1N. The number of carbonyl (C=O) groups excluding carboxylic acids is 1. The number of halogens is 1. The minimum absolute atomic E-state index is 0.0695. The second kappa shape index (κ2) is 5.17. The normalized spacial score (nSPS) is 21.9. The molecule has 0 unspecified atom stereocenters. The van der Waals surface area contributed by atoms with Crippen LogP contribution in [0.4, 0.5) is 4.39 Å². The molecule has 3 rings (SSSR count). The third-order valence-corrected chi connectivity index (χ3v) is 4.95. The molecule has 0 spiro atoms. The maximum Gasteiger partial charge on any atom is 0.231 e. The summed E-state index contributed by atoms with van der Waals surface area (Å²) in [7, 11) is 1.61. The molecule has 1 aliphatic heterocycles. The van der Waals surface area contributed by atoms with Crippen LogP contribution >= 0.6 is 11.3 Å². The van der Waals surface area contributed by atoms with E-state index >= 15 is 0 Å². The van der Waals surface area contributed by atoms with Crippen molar-refractivity contribution in [3.8, 4) is 11.1 Å². The maximum absolute atomic E-state index is 13.2. The average molecular weight is 318 g/mol. The van der Waals surface area contributed by atoms with E-state index in [9.17, 15) is 9.18 Å². The topological polar surface area (TPSA) is 71.6 Å². The number of thiophene rings is 1. The highest BCUT2D eigenvalue weighted by Crippen LogP contribution is 2.38. The van der Waals surface area contributed by atoms with Crippen LogP contribution < -0.4 is 5.73 Å². The second-order valence-corrected chi connectivity index (χ2v) is 6.35. The van der Waals surface area contributed by atoms with Gasteiger partial charge in [-0.05, 0) is 35.6 Å². The van der Waals surface area contributed by atoms with Crippen molar-refractivity contribution >= 4 is 23.2 Å². The first-order valence-electron chi connectivity index (χ1n) is 6.72. The molecule has 2 aromatic rings. The Kier molecular flexibility index (Phi) is 3.44. The lowest BCUT2D eigenvalue weighted by Crippen LogP contribution is -2.47. The number of pyridine rings is 1. The van der Waals surface area contributed by atoms with Crippen LogP contribution in [0.5, 0.6) is 0 Å². The van der Waals surface area contributed by atoms with Crippen LogP contribution in [-0.4, -0.2) is 28.8 Å². The lowest BCUT2D eigenvalue weighted by Gasteiger charge is -2.32. The summed E-state index contributed by atoms with van der Waals surface area (Å²) in [5.41, 5.74) is 6.77. The van der Waals surface area contributed by atoms with E-state index in [1.165, 1.54) is 28.5 Å². The molecule has 0 radical (unpaired) electrons. The standard InChI is InChI=1S/C15H15FN4OS/c1-15(7-13(21)20(2)14(17)19-15)11-5-10(8-22-11)9-3-4-18-12(16)6-9/h3-6,8H,7H2,1-2H3,(H2,17,19)/t15-/m0/s1. The first-order chi connectivity index (χ1) is 10.4. The van der Waals surface area contributed by atoms with Crippen LogP contribution in [0.15, 0.2) is 34.8 Å². The summed E-state index contributed by atoms with van der Waals surface area (Å²) in [5.74, 6) is -0.378. The zero-order valence-electron chi connectivity index (χ0n) is 12.2. The van der Waals surface area contributed by atoms with Gasteiger partial charge in [0.25, 0.3) is 0 Å². The number of carbonyl (C=O) groups is 1. The molecule has 1 atom stereocenters. The van der Waals surface area contributed by atoms with E-state index in [1.54, 1.807) is 13.1 Å². The molecule has 1 aliphatic rings. The number of rotatable bonds is 2. The molecule has 5 nitrogen and oxygen atoms in total. The first-order valence-corrected chi connectivity index (χ1v) is 7.60. The summed E-state index contributed by atoms with van der Waals surface area (Å²) < 4.78 is 13.2. The van der Waals surface area contributed by atoms with Crippen LogP contribution in [0.2, 0.25) is 0 Å². The Labute approximate surface area is 131 Å². The largest absolute Gasteiger partial charge is 0.369 e. The van der Waals surface area contributed by atoms with Gasteiger partial charge in [-0.2, -0.15) is 4.39 Å². The molecular formula is C15H15FN4OS. The number of guanidine groups is 1. The van der Waals surface area contributed by atoms with Crippen molar-refractivity contribution in [2.75, 3.05) is 7.05 Å². The maximum atomic E-state index is 13.2. The van der Waals surface area contributed by atoms with Gasteiger partial charge in [-0.3, -0.25) is 9.69 Å². The summed E-state index contributed by atoms with van der Waals surface area (Å²) in [6.07, 6.45) is 1.69. The Hall–Kier alpha value is -2.28. The van der Waals surface area contributed by atoms with Gasteiger partial charge in [-0.15, -0.1) is 11.3 Å². The Balaban J connectivity index is 1.99. The van der Waals surface area contributed by atoms with Crippen molar-refractivity contribution in [2.45, 2.75) is 18.9 Å². The molecule has 0 bridgehead atoms. The van der Waals surface area contributed by atoms with E-state index in [2.05, 4.69) is 9.98 Å². The number of hydrogen-bond acceptors (Lipinski definition) is 5. The van der Waals surface area contributed by atoms with E-state index in [4.69, 9.17) is 5.73 Å². The van der Waals surface area contributed by atoms with E-state index in [-0.39, 0.29) is 18.3 Å². The highest BCUT2D eigenvalue weighted by molar-refractivity contribution is 7.10. The first kappa shape index (κ1) is 14.6. The number of aromatic nitrogens is 1. The minimum Gasteiger partial charge on any atom is -0.369 e. The van der Waals surface area contributed by atoms with Crippen molar-refractivity contribution < 1.29 is 9.18 Å². The Morgan fingerprint density at radius 1 is 1.41 bits per heavy atom. The van der Waals surface area contributed by atoms with Crippen LogP contribution in [0.3, 0.4) is 0 Å². The van der Waals surface area contributed by atoms with E-state index in [1.807, 2.05) is 18.4 Å². The summed E-state index contributed by atoms with van der Waals surface area (Å²) in [5, 5.41) is 1.92. The van der Waals surface area contributed by atoms with Crippen molar-refractivity contribution in [3.63, 3.8) is 0 Å². The Morgan fingerprint density at radius 3 is 2.86 bits per heavy atom. The second-order valence-electron chi connectivity index (χ2n) is 5.44. The predicted octanol–water partition coefficient (Wildman–Crippen LogP) is 2.34. The third-order valence-electron chi connectivity index (χ3n) is 3.76. The number of hydrogen-bond donors (Lipinski definition) is 1. The van der Waals surface area contributed by atoms with Gasteiger partial charge in [-0.1, -0.05) is 0 Å². The summed E-state index contributed by atoms with van der Waals surface area (Å²) in [4.78, 5) is 22.3. The van der Waals surface area contributed by atoms with E-state index in [0.29, 0.717) is 0 Å². The Bertz CT molecular complexity index is 772. The summed E-state index contributed by atoms with van der Waals surface area (Å²) >= 11 is 1.48. The fraction of sp³-hybridized carbons (Fsp3) is 0.267. The number of nitrogens with zero attached hydrogens (tertiary/aromatic N) is 3. The fourth-order valence-corrected chi connectivity index (χ4v) is 3.43. The number of nitrogens with two attached hydrogens (primary N) is 1. The highest BCUT2D eigenvalue weighted by Gasteiger charge is 2.37. The molecule has 114 valence electrons. The summed E-state index contributed by atoms with van der Waals surface area (Å²) in [6, 6.07) is 5.05. The molecule has 0 saturated carbocycles. The summed E-state index contributed by atoms with van der Waals surface area (Å²) in [6.45, 7) is 1.88. The molecule has 0 saturated heterocycles. The van der Waals surface area contributed by atoms with Gasteiger partial charge < -0.3 is 5.73 Å². The van der Waals surface area contributed by atoms with Gasteiger partial charge >= 0.3 is 0 Å². The van der Waals surface area contributed by atoms with Crippen molar-refractivity contribution in [1.29, 1.82) is 0 Å². The molecule has 0 aliphatic carbocycles. The number of amides is 1. The number of aliphatic imine (C=N–C) groups is 1. The van der Waals surface area contributed by atoms with Gasteiger partial charge in [0.1, 0.15) is 5.54 Å². The quantitative estimate of drug-likeness (QED) is 0.864. The molecule has 1 amide bonds. The molecule has 2 aromatic heterocycles. The predicted molar refractivity (Wildman–Crippen MR) is 83.9 cm³/mol. The van der Waals surface area contributed by atoms with Crippen molar-refractivity contribution in [2.24, 2.45) is 10.7 Å². The Morgan fingerprint density at radius 2 is 2.18 bits per heavy atom. The van der Waals surface area contributed by atoms with Crippen LogP contribution in [0, 0.1) is 5.95 Å². The zero-order chi connectivity index (χ0) is 15.9. The van der Waals surface area contributed by atoms with E-state index < -0.39 is 11.5 Å². The smallest absolute Gasteiger partial charge is 0.231 e. The average Bonchev–Trinajstić information content (AvgIpc) is 2.95. The van der Waals surface area contributed by atoms with Crippen LogP contribution in [-0.2, 0) is 10.3 Å².